The van der Waals surface area contributed by atoms with E-state index in [0.717, 1.165) is 33.3 Å². The van der Waals surface area contributed by atoms with Crippen molar-refractivity contribution < 1.29 is 4.79 Å². The van der Waals surface area contributed by atoms with E-state index in [9.17, 15) is 4.79 Å². The Balaban J connectivity index is 1.99. The molecule has 0 aromatic heterocycles. The Morgan fingerprint density at radius 3 is 2.29 bits per heavy atom. The Kier molecular flexibility index (Phi) is 5.86. The van der Waals surface area contributed by atoms with Crippen LogP contribution in [0.1, 0.15) is 25.8 Å². The summed E-state index contributed by atoms with van der Waals surface area (Å²) in [4.78, 5) is 14.5. The Hall–Kier alpha value is -0.390. The largest absolute Gasteiger partial charge is 0.323 e. The molecule has 5 heteroatoms. The van der Waals surface area contributed by atoms with Crippen LogP contribution in [0.25, 0.3) is 0 Å². The number of hydrogen-bond donors (Lipinski definition) is 1. The van der Waals surface area contributed by atoms with E-state index >= 15 is 0 Å². The van der Waals surface area contributed by atoms with Crippen molar-refractivity contribution in [3.63, 3.8) is 0 Å². The van der Waals surface area contributed by atoms with Crippen molar-refractivity contribution in [2.75, 3.05) is 25.0 Å². The van der Waals surface area contributed by atoms with E-state index in [0.29, 0.717) is 18.4 Å². The number of carbonyl (C=O) groups excluding carboxylic acids is 1. The molecule has 1 amide bonds. The highest BCUT2D eigenvalue weighted by Gasteiger charge is 2.23. The van der Waals surface area contributed by atoms with Gasteiger partial charge in [0.15, 0.2) is 0 Å². The number of piperidine rings is 1. The van der Waals surface area contributed by atoms with Crippen LogP contribution in [0.2, 0.25) is 0 Å². The zero-order chi connectivity index (χ0) is 15.6. The molecule has 1 heterocycles. The molecule has 1 aliphatic heterocycles. The first kappa shape index (κ1) is 17.0. The molecule has 1 aromatic rings. The third-order valence-electron chi connectivity index (χ3n) is 3.76. The lowest BCUT2D eigenvalue weighted by Gasteiger charge is -2.34. The third-order valence-corrected chi connectivity index (χ3v) is 5.01. The number of hydrogen-bond acceptors (Lipinski definition) is 2. The van der Waals surface area contributed by atoms with Gasteiger partial charge in [0.2, 0.25) is 5.91 Å². The average Bonchev–Trinajstić information content (AvgIpc) is 2.32. The number of nitrogens with zero attached hydrogens (tertiary/aromatic N) is 1. The molecule has 2 atom stereocenters. The molecule has 1 N–H and O–H groups in total. The van der Waals surface area contributed by atoms with Gasteiger partial charge in [-0.3, -0.25) is 9.69 Å². The number of benzene rings is 1. The number of halogens is 2. The van der Waals surface area contributed by atoms with E-state index in [2.05, 4.69) is 55.9 Å². The van der Waals surface area contributed by atoms with E-state index in [-0.39, 0.29) is 5.91 Å². The van der Waals surface area contributed by atoms with Gasteiger partial charge in [-0.2, -0.15) is 0 Å². The first-order valence-electron chi connectivity index (χ1n) is 7.33. The van der Waals surface area contributed by atoms with Crippen LogP contribution in [-0.2, 0) is 4.79 Å². The van der Waals surface area contributed by atoms with Crippen molar-refractivity contribution in [2.45, 2.75) is 27.2 Å². The molecule has 0 bridgehead atoms. The molecule has 0 aliphatic carbocycles. The second-order valence-corrected chi connectivity index (χ2v) is 8.00. The number of likely N-dealkylation sites (tertiary alicyclic amines) is 1. The summed E-state index contributed by atoms with van der Waals surface area (Å²) < 4.78 is 1.81. The number of anilines is 1. The van der Waals surface area contributed by atoms with Crippen molar-refractivity contribution in [1.29, 1.82) is 0 Å². The molecule has 1 fully saturated rings. The highest BCUT2D eigenvalue weighted by Crippen LogP contribution is 2.32. The molecule has 0 saturated carbocycles. The topological polar surface area (TPSA) is 32.3 Å². The van der Waals surface area contributed by atoms with Gasteiger partial charge in [-0.25, -0.2) is 0 Å². The van der Waals surface area contributed by atoms with Crippen LogP contribution in [0.4, 0.5) is 5.69 Å². The van der Waals surface area contributed by atoms with Gasteiger partial charge in [0, 0.05) is 22.0 Å². The van der Waals surface area contributed by atoms with Crippen LogP contribution in [0.3, 0.4) is 0 Å². The Labute approximate surface area is 143 Å². The van der Waals surface area contributed by atoms with Gasteiger partial charge in [-0.05, 0) is 74.7 Å². The van der Waals surface area contributed by atoms with Gasteiger partial charge in [0.05, 0.1) is 12.2 Å². The van der Waals surface area contributed by atoms with Gasteiger partial charge in [0.25, 0.3) is 0 Å². The molecule has 21 heavy (non-hydrogen) atoms. The summed E-state index contributed by atoms with van der Waals surface area (Å²) in [5.74, 6) is 1.38. The van der Waals surface area contributed by atoms with Gasteiger partial charge in [0.1, 0.15) is 0 Å². The molecule has 0 spiro atoms. The quantitative estimate of drug-likeness (QED) is 0.788. The van der Waals surface area contributed by atoms with Gasteiger partial charge in [-0.1, -0.05) is 13.8 Å². The number of rotatable bonds is 3. The second kappa shape index (κ2) is 7.25. The van der Waals surface area contributed by atoms with E-state index in [1.54, 1.807) is 0 Å². The van der Waals surface area contributed by atoms with Gasteiger partial charge >= 0.3 is 0 Å². The fourth-order valence-electron chi connectivity index (χ4n) is 3.12. The van der Waals surface area contributed by atoms with E-state index < -0.39 is 0 Å². The van der Waals surface area contributed by atoms with E-state index in [1.165, 1.54) is 6.42 Å². The molecule has 3 nitrogen and oxygen atoms in total. The number of aryl methyl sites for hydroxylation is 1. The molecular formula is C16H22Br2N2O. The monoisotopic (exact) mass is 416 g/mol. The zero-order valence-electron chi connectivity index (χ0n) is 12.7. The zero-order valence-corrected chi connectivity index (χ0v) is 15.9. The minimum Gasteiger partial charge on any atom is -0.323 e. The molecule has 116 valence electrons. The number of amides is 1. The maximum Gasteiger partial charge on any atom is 0.238 e. The minimum atomic E-state index is 0.0431. The first-order valence-corrected chi connectivity index (χ1v) is 8.91. The van der Waals surface area contributed by atoms with Crippen molar-refractivity contribution in [3.8, 4) is 0 Å². The summed E-state index contributed by atoms with van der Waals surface area (Å²) in [6, 6.07) is 4.01. The van der Waals surface area contributed by atoms with Crippen LogP contribution in [0.15, 0.2) is 21.1 Å². The summed E-state index contributed by atoms with van der Waals surface area (Å²) in [5.41, 5.74) is 1.95. The molecule has 0 radical (unpaired) electrons. The highest BCUT2D eigenvalue weighted by molar-refractivity contribution is 9.11. The fourth-order valence-corrected chi connectivity index (χ4v) is 4.74. The Morgan fingerprint density at radius 2 is 1.76 bits per heavy atom. The predicted molar refractivity (Wildman–Crippen MR) is 94.6 cm³/mol. The normalized spacial score (nSPS) is 23.1. The van der Waals surface area contributed by atoms with Crippen LogP contribution in [0.5, 0.6) is 0 Å². The fraction of sp³-hybridized carbons (Fsp3) is 0.562. The molecule has 1 aromatic carbocycles. The summed E-state index contributed by atoms with van der Waals surface area (Å²) in [6.07, 6.45) is 1.26. The van der Waals surface area contributed by atoms with E-state index in [4.69, 9.17) is 0 Å². The SMILES string of the molecule is Cc1cc(Br)c(NC(=O)CN2CC(C)CC(C)C2)c(Br)c1. The Bertz CT molecular complexity index is 500. The molecule has 2 unspecified atom stereocenters. The van der Waals surface area contributed by atoms with Crippen LogP contribution in [0, 0.1) is 18.8 Å². The number of carbonyl (C=O) groups is 1. The van der Waals surface area contributed by atoms with Crippen molar-refractivity contribution >= 4 is 43.5 Å². The second-order valence-electron chi connectivity index (χ2n) is 6.29. The van der Waals surface area contributed by atoms with Crippen molar-refractivity contribution in [1.82, 2.24) is 4.90 Å². The highest BCUT2D eigenvalue weighted by atomic mass is 79.9. The maximum absolute atomic E-state index is 12.3. The summed E-state index contributed by atoms with van der Waals surface area (Å²) in [6.45, 7) is 9.02. The van der Waals surface area contributed by atoms with Crippen LogP contribution < -0.4 is 5.32 Å². The van der Waals surface area contributed by atoms with Gasteiger partial charge in [-0.15, -0.1) is 0 Å². The minimum absolute atomic E-state index is 0.0431. The lowest BCUT2D eigenvalue weighted by Crippen LogP contribution is -2.42. The lowest BCUT2D eigenvalue weighted by atomic mass is 9.92. The van der Waals surface area contributed by atoms with Crippen molar-refractivity contribution in [2.24, 2.45) is 11.8 Å². The lowest BCUT2D eigenvalue weighted by molar-refractivity contribution is -0.117. The Morgan fingerprint density at radius 1 is 1.24 bits per heavy atom. The third kappa shape index (κ3) is 4.80. The summed E-state index contributed by atoms with van der Waals surface area (Å²) >= 11 is 7.02. The summed E-state index contributed by atoms with van der Waals surface area (Å²) in [7, 11) is 0. The summed E-state index contributed by atoms with van der Waals surface area (Å²) in [5, 5.41) is 3.01. The van der Waals surface area contributed by atoms with Gasteiger partial charge < -0.3 is 5.32 Å². The van der Waals surface area contributed by atoms with Crippen molar-refractivity contribution in [3.05, 3.63) is 26.6 Å². The molecular weight excluding hydrogens is 396 g/mol. The van der Waals surface area contributed by atoms with E-state index in [1.807, 2.05) is 19.1 Å². The average molecular weight is 418 g/mol. The smallest absolute Gasteiger partial charge is 0.238 e. The number of nitrogens with one attached hydrogen (secondary N) is 1. The first-order chi connectivity index (χ1) is 9.85. The molecule has 2 rings (SSSR count). The standard InChI is InChI=1S/C16H22Br2N2O/c1-10-5-13(17)16(14(18)6-10)19-15(21)9-20-7-11(2)4-12(3)8-20/h5-6,11-12H,4,7-9H2,1-3H3,(H,19,21). The van der Waals surface area contributed by atoms with Crippen LogP contribution in [-0.4, -0.2) is 30.4 Å². The maximum atomic E-state index is 12.3. The van der Waals surface area contributed by atoms with Crippen LogP contribution >= 0.6 is 31.9 Å². The molecule has 1 aliphatic rings. The molecule has 1 saturated heterocycles. The predicted octanol–water partition coefficient (Wildman–Crippen LogP) is 4.44.